The molecule has 1 amide bonds. The molecule has 1 N–H and O–H groups in total. The Bertz CT molecular complexity index is 459. The second kappa shape index (κ2) is 7.60. The minimum absolute atomic E-state index is 0.0929. The van der Waals surface area contributed by atoms with Gasteiger partial charge in [-0.2, -0.15) is 0 Å². The number of halogens is 1. The maximum atomic E-state index is 12.1. The van der Waals surface area contributed by atoms with Gasteiger partial charge >= 0.3 is 0 Å². The largest absolute Gasteiger partial charge is 0.378 e. The summed E-state index contributed by atoms with van der Waals surface area (Å²) in [5.41, 5.74) is 1.45. The van der Waals surface area contributed by atoms with Crippen LogP contribution in [0.5, 0.6) is 0 Å². The van der Waals surface area contributed by atoms with Gasteiger partial charge in [-0.1, -0.05) is 24.9 Å². The molecule has 2 heterocycles. The molecular weight excluding hydrogens is 276 g/mol. The molecule has 0 radical (unpaired) electrons. The average molecular weight is 297 g/mol. The summed E-state index contributed by atoms with van der Waals surface area (Å²) in [7, 11) is 0. The van der Waals surface area contributed by atoms with E-state index in [4.69, 9.17) is 16.3 Å². The van der Waals surface area contributed by atoms with Crippen LogP contribution in [0.4, 0.5) is 0 Å². The average Bonchev–Trinajstić information content (AvgIpc) is 2.91. The maximum Gasteiger partial charge on any atom is 0.251 e. The minimum atomic E-state index is -0.0929. The molecule has 0 spiro atoms. The normalized spacial score (nSPS) is 18.2. The molecule has 1 aromatic rings. The maximum absolute atomic E-state index is 12.1. The summed E-state index contributed by atoms with van der Waals surface area (Å²) in [6.07, 6.45) is 5.19. The fraction of sp³-hybridized carbons (Fsp3) is 0.600. The number of aromatic nitrogens is 1. The Kier molecular flexibility index (Phi) is 5.80. The topological polar surface area (TPSA) is 51.2 Å². The van der Waals surface area contributed by atoms with Crippen LogP contribution in [0.1, 0.15) is 48.7 Å². The third-order valence-corrected chi connectivity index (χ3v) is 3.58. The SMILES string of the molecule is CCCc1cc(C(=O)NCCC2CCCO2)cc(Cl)n1. The number of rotatable bonds is 6. The summed E-state index contributed by atoms with van der Waals surface area (Å²) in [5, 5.41) is 3.29. The first kappa shape index (κ1) is 15.3. The van der Waals surface area contributed by atoms with E-state index in [1.807, 2.05) is 6.07 Å². The molecule has 1 aliphatic rings. The number of hydrogen-bond donors (Lipinski definition) is 1. The summed E-state index contributed by atoms with van der Waals surface area (Å²) in [5.74, 6) is -0.0929. The van der Waals surface area contributed by atoms with Crippen molar-refractivity contribution in [2.24, 2.45) is 0 Å². The van der Waals surface area contributed by atoms with Gasteiger partial charge in [0.15, 0.2) is 0 Å². The first-order chi connectivity index (χ1) is 9.69. The number of nitrogens with one attached hydrogen (secondary N) is 1. The third kappa shape index (κ3) is 4.46. The van der Waals surface area contributed by atoms with Crippen molar-refractivity contribution in [2.45, 2.75) is 45.1 Å². The van der Waals surface area contributed by atoms with Crippen molar-refractivity contribution in [3.8, 4) is 0 Å². The second-order valence-electron chi connectivity index (χ2n) is 5.10. The number of hydrogen-bond acceptors (Lipinski definition) is 3. The van der Waals surface area contributed by atoms with Crippen LogP contribution in [-0.4, -0.2) is 30.1 Å². The molecule has 2 rings (SSSR count). The first-order valence-corrected chi connectivity index (χ1v) is 7.63. The van der Waals surface area contributed by atoms with Crippen LogP contribution < -0.4 is 5.32 Å². The highest BCUT2D eigenvalue weighted by molar-refractivity contribution is 6.29. The number of aryl methyl sites for hydroxylation is 1. The van der Waals surface area contributed by atoms with E-state index in [0.29, 0.717) is 23.4 Å². The van der Waals surface area contributed by atoms with Crippen molar-refractivity contribution >= 4 is 17.5 Å². The van der Waals surface area contributed by atoms with Gasteiger partial charge in [-0.15, -0.1) is 0 Å². The van der Waals surface area contributed by atoms with Crippen molar-refractivity contribution in [2.75, 3.05) is 13.2 Å². The van der Waals surface area contributed by atoms with Gasteiger partial charge in [-0.3, -0.25) is 4.79 Å². The van der Waals surface area contributed by atoms with Crippen LogP contribution >= 0.6 is 11.6 Å². The highest BCUT2D eigenvalue weighted by Crippen LogP contribution is 2.15. The third-order valence-electron chi connectivity index (χ3n) is 3.39. The number of ether oxygens (including phenoxy) is 1. The number of nitrogens with zero attached hydrogens (tertiary/aromatic N) is 1. The molecule has 1 fully saturated rings. The monoisotopic (exact) mass is 296 g/mol. The van der Waals surface area contributed by atoms with Crippen LogP contribution in [0.2, 0.25) is 5.15 Å². The number of carbonyl (C=O) groups excluding carboxylic acids is 1. The summed E-state index contributed by atoms with van der Waals surface area (Å²) in [6.45, 7) is 3.55. The Morgan fingerprint density at radius 3 is 3.10 bits per heavy atom. The Morgan fingerprint density at radius 1 is 1.55 bits per heavy atom. The van der Waals surface area contributed by atoms with E-state index in [9.17, 15) is 4.79 Å². The molecule has 0 saturated carbocycles. The molecule has 0 aromatic carbocycles. The van der Waals surface area contributed by atoms with Crippen molar-refractivity contribution in [3.63, 3.8) is 0 Å². The smallest absolute Gasteiger partial charge is 0.251 e. The van der Waals surface area contributed by atoms with E-state index >= 15 is 0 Å². The van der Waals surface area contributed by atoms with Crippen LogP contribution in [0.3, 0.4) is 0 Å². The highest BCUT2D eigenvalue weighted by Gasteiger charge is 2.15. The van der Waals surface area contributed by atoms with Crippen LogP contribution in [0, 0.1) is 0 Å². The van der Waals surface area contributed by atoms with Crippen molar-refractivity contribution in [3.05, 3.63) is 28.5 Å². The summed E-state index contributed by atoms with van der Waals surface area (Å²) >= 11 is 5.96. The lowest BCUT2D eigenvalue weighted by Gasteiger charge is -2.10. The Morgan fingerprint density at radius 2 is 2.40 bits per heavy atom. The van der Waals surface area contributed by atoms with Gasteiger partial charge in [0.1, 0.15) is 5.15 Å². The lowest BCUT2D eigenvalue weighted by Crippen LogP contribution is -2.27. The molecule has 0 bridgehead atoms. The Labute approximate surface area is 124 Å². The molecule has 1 unspecified atom stereocenters. The van der Waals surface area contributed by atoms with E-state index in [2.05, 4.69) is 17.2 Å². The Balaban J connectivity index is 1.87. The summed E-state index contributed by atoms with van der Waals surface area (Å²) in [6, 6.07) is 3.43. The zero-order valence-electron chi connectivity index (χ0n) is 11.8. The van der Waals surface area contributed by atoms with Crippen molar-refractivity contribution in [1.29, 1.82) is 0 Å². The molecular formula is C15H21ClN2O2. The first-order valence-electron chi connectivity index (χ1n) is 7.25. The van der Waals surface area contributed by atoms with Gasteiger partial charge in [0.05, 0.1) is 6.10 Å². The molecule has 110 valence electrons. The highest BCUT2D eigenvalue weighted by atomic mass is 35.5. The van der Waals surface area contributed by atoms with Gasteiger partial charge in [0.25, 0.3) is 5.91 Å². The van der Waals surface area contributed by atoms with Crippen molar-refractivity contribution < 1.29 is 9.53 Å². The quantitative estimate of drug-likeness (QED) is 0.821. The van der Waals surface area contributed by atoms with Gasteiger partial charge in [-0.25, -0.2) is 4.98 Å². The van der Waals surface area contributed by atoms with Crippen molar-refractivity contribution in [1.82, 2.24) is 10.3 Å². The summed E-state index contributed by atoms with van der Waals surface area (Å²) in [4.78, 5) is 16.3. The lowest BCUT2D eigenvalue weighted by molar-refractivity contribution is 0.0907. The molecule has 4 nitrogen and oxygen atoms in total. The second-order valence-corrected chi connectivity index (χ2v) is 5.49. The molecule has 5 heteroatoms. The molecule has 1 aromatic heterocycles. The predicted octanol–water partition coefficient (Wildman–Crippen LogP) is 2.99. The molecule has 0 aliphatic carbocycles. The van der Waals surface area contributed by atoms with E-state index in [1.165, 1.54) is 0 Å². The summed E-state index contributed by atoms with van der Waals surface area (Å²) < 4.78 is 5.53. The zero-order chi connectivity index (χ0) is 14.4. The fourth-order valence-corrected chi connectivity index (χ4v) is 2.61. The van der Waals surface area contributed by atoms with E-state index in [1.54, 1.807) is 6.07 Å². The molecule has 20 heavy (non-hydrogen) atoms. The number of carbonyl (C=O) groups is 1. The number of pyridine rings is 1. The molecule has 1 aliphatic heterocycles. The van der Waals surface area contributed by atoms with E-state index in [-0.39, 0.29) is 5.91 Å². The van der Waals surface area contributed by atoms with Gasteiger partial charge in [-0.05, 0) is 37.8 Å². The minimum Gasteiger partial charge on any atom is -0.378 e. The number of amides is 1. The standard InChI is InChI=1S/C15H21ClN2O2/c1-2-4-12-9-11(10-14(16)18-12)15(19)17-7-6-13-5-3-8-20-13/h9-10,13H,2-8H2,1H3,(H,17,19). The Hall–Kier alpha value is -1.13. The van der Waals surface area contributed by atoms with E-state index in [0.717, 1.165) is 44.4 Å². The lowest BCUT2D eigenvalue weighted by atomic mass is 10.1. The van der Waals surface area contributed by atoms with E-state index < -0.39 is 0 Å². The van der Waals surface area contributed by atoms with Gasteiger partial charge < -0.3 is 10.1 Å². The van der Waals surface area contributed by atoms with Crippen LogP contribution in [-0.2, 0) is 11.2 Å². The molecule has 1 atom stereocenters. The zero-order valence-corrected chi connectivity index (χ0v) is 12.6. The van der Waals surface area contributed by atoms with Gasteiger partial charge in [0.2, 0.25) is 0 Å². The fourth-order valence-electron chi connectivity index (χ4n) is 2.39. The predicted molar refractivity (Wildman–Crippen MR) is 79.2 cm³/mol. The van der Waals surface area contributed by atoms with Crippen LogP contribution in [0.15, 0.2) is 12.1 Å². The van der Waals surface area contributed by atoms with Crippen LogP contribution in [0.25, 0.3) is 0 Å². The van der Waals surface area contributed by atoms with Gasteiger partial charge in [0, 0.05) is 24.4 Å². The molecule has 1 saturated heterocycles.